The molecule has 2 aliphatic rings. The van der Waals surface area contributed by atoms with E-state index in [-0.39, 0.29) is 12.2 Å². The summed E-state index contributed by atoms with van der Waals surface area (Å²) in [5, 5.41) is 0. The highest BCUT2D eigenvalue weighted by Gasteiger charge is 2.23. The lowest BCUT2D eigenvalue weighted by Crippen LogP contribution is -2.09. The summed E-state index contributed by atoms with van der Waals surface area (Å²) in [6.07, 6.45) is 0.481. The molecule has 2 unspecified atom stereocenters. The molecule has 0 spiro atoms. The van der Waals surface area contributed by atoms with Crippen LogP contribution in [0.2, 0.25) is 0 Å². The van der Waals surface area contributed by atoms with E-state index in [0.29, 0.717) is 26.4 Å². The first-order valence-electron chi connectivity index (χ1n) is 8.80. The van der Waals surface area contributed by atoms with Gasteiger partial charge in [0.05, 0.1) is 13.2 Å². The zero-order chi connectivity index (χ0) is 17.6. The maximum Gasteiger partial charge on any atom is 0.123 e. The van der Waals surface area contributed by atoms with Crippen molar-refractivity contribution >= 4 is 0 Å². The monoisotopic (exact) mass is 358 g/mol. The van der Waals surface area contributed by atoms with E-state index in [1.165, 1.54) is 0 Å². The Morgan fingerprint density at radius 3 is 1.42 bits per heavy atom. The average molecular weight is 358 g/mol. The third-order valence-corrected chi connectivity index (χ3v) is 3.91. The zero-order valence-electron chi connectivity index (χ0n) is 14.5. The lowest BCUT2D eigenvalue weighted by Gasteiger charge is -2.11. The lowest BCUT2D eigenvalue weighted by molar-refractivity contribution is 0.214. The van der Waals surface area contributed by atoms with Crippen molar-refractivity contribution in [3.63, 3.8) is 0 Å². The van der Waals surface area contributed by atoms with E-state index in [2.05, 4.69) is 0 Å². The maximum atomic E-state index is 5.72. The topological polar surface area (TPSA) is 62.0 Å². The normalized spacial score (nSPS) is 20.3. The fourth-order valence-corrected chi connectivity index (χ4v) is 2.33. The number of benzene rings is 2. The van der Waals surface area contributed by atoms with Gasteiger partial charge in [-0.05, 0) is 24.3 Å². The van der Waals surface area contributed by atoms with Gasteiger partial charge in [-0.2, -0.15) is 0 Å². The Morgan fingerprint density at radius 2 is 1.04 bits per heavy atom. The number of rotatable bonds is 11. The molecule has 0 saturated carbocycles. The highest BCUT2D eigenvalue weighted by Crippen LogP contribution is 2.22. The Labute approximate surface area is 152 Å². The Kier molecular flexibility index (Phi) is 5.42. The first-order valence-corrected chi connectivity index (χ1v) is 8.80. The number of epoxide rings is 2. The fraction of sp³-hybridized carbons (Fsp3) is 0.400. The van der Waals surface area contributed by atoms with Crippen molar-refractivity contribution in [2.45, 2.75) is 12.2 Å². The number of hydrogen-bond acceptors (Lipinski definition) is 6. The highest BCUT2D eigenvalue weighted by molar-refractivity contribution is 5.34. The van der Waals surface area contributed by atoms with Crippen LogP contribution in [0.4, 0.5) is 0 Å². The van der Waals surface area contributed by atoms with Gasteiger partial charge < -0.3 is 28.4 Å². The van der Waals surface area contributed by atoms with E-state index >= 15 is 0 Å². The Balaban J connectivity index is 1.18. The molecule has 26 heavy (non-hydrogen) atoms. The van der Waals surface area contributed by atoms with E-state index in [0.717, 1.165) is 36.2 Å². The van der Waals surface area contributed by atoms with Gasteiger partial charge in [-0.3, -0.25) is 0 Å². The second-order valence-electron chi connectivity index (χ2n) is 6.18. The second-order valence-corrected chi connectivity index (χ2v) is 6.18. The molecule has 0 N–H and O–H groups in total. The molecule has 2 fully saturated rings. The molecule has 6 heteroatoms. The van der Waals surface area contributed by atoms with Gasteiger partial charge in [0.2, 0.25) is 0 Å². The van der Waals surface area contributed by atoms with E-state index in [1.807, 2.05) is 48.5 Å². The highest BCUT2D eigenvalue weighted by atomic mass is 16.6. The molecule has 2 atom stereocenters. The lowest BCUT2D eigenvalue weighted by atomic mass is 10.3. The molecule has 0 bridgehead atoms. The summed E-state index contributed by atoms with van der Waals surface area (Å²) in [4.78, 5) is 0. The van der Waals surface area contributed by atoms with Crippen molar-refractivity contribution in [2.24, 2.45) is 0 Å². The van der Waals surface area contributed by atoms with Gasteiger partial charge in [-0.15, -0.1) is 0 Å². The largest absolute Gasteiger partial charge is 0.491 e. The molecule has 2 aromatic carbocycles. The number of ether oxygens (including phenoxy) is 6. The summed E-state index contributed by atoms with van der Waals surface area (Å²) in [5.41, 5.74) is 0. The van der Waals surface area contributed by atoms with Crippen LogP contribution in [-0.4, -0.2) is 51.8 Å². The third kappa shape index (κ3) is 5.54. The minimum Gasteiger partial charge on any atom is -0.491 e. The summed E-state index contributed by atoms with van der Waals surface area (Å²) in [7, 11) is 0. The van der Waals surface area contributed by atoms with Crippen molar-refractivity contribution in [3.8, 4) is 23.0 Å². The van der Waals surface area contributed by atoms with E-state index in [1.54, 1.807) is 0 Å². The summed E-state index contributed by atoms with van der Waals surface area (Å²) in [6, 6.07) is 15.2. The van der Waals surface area contributed by atoms with E-state index in [4.69, 9.17) is 28.4 Å². The van der Waals surface area contributed by atoms with Crippen LogP contribution in [-0.2, 0) is 9.47 Å². The maximum absolute atomic E-state index is 5.72. The first-order chi connectivity index (χ1) is 12.8. The molecule has 2 aliphatic heterocycles. The first kappa shape index (κ1) is 17.0. The van der Waals surface area contributed by atoms with Gasteiger partial charge in [0.15, 0.2) is 0 Å². The summed E-state index contributed by atoms with van der Waals surface area (Å²) in [6.45, 7) is 3.62. The summed E-state index contributed by atoms with van der Waals surface area (Å²) < 4.78 is 33.0. The summed E-state index contributed by atoms with van der Waals surface area (Å²) >= 11 is 0. The average Bonchev–Trinajstić information content (AvgIpc) is 3.57. The Hall–Kier alpha value is -2.44. The molecular weight excluding hydrogens is 336 g/mol. The van der Waals surface area contributed by atoms with E-state index < -0.39 is 0 Å². The van der Waals surface area contributed by atoms with Crippen molar-refractivity contribution in [1.29, 1.82) is 0 Å². The fourth-order valence-electron chi connectivity index (χ4n) is 2.33. The molecular formula is C20H22O6. The van der Waals surface area contributed by atoms with Crippen LogP contribution in [0.25, 0.3) is 0 Å². The molecule has 6 nitrogen and oxygen atoms in total. The van der Waals surface area contributed by atoms with Crippen LogP contribution in [0.15, 0.2) is 48.5 Å². The van der Waals surface area contributed by atoms with Gasteiger partial charge >= 0.3 is 0 Å². The van der Waals surface area contributed by atoms with Crippen LogP contribution in [0.5, 0.6) is 23.0 Å². The predicted octanol–water partition coefficient (Wildman–Crippen LogP) is 2.70. The SMILES string of the molecule is c1cc(OCCOc2cccc(OCC3CO3)c2)cc(OCC2CO2)c1. The third-order valence-electron chi connectivity index (χ3n) is 3.91. The quantitative estimate of drug-likeness (QED) is 0.455. The van der Waals surface area contributed by atoms with Gasteiger partial charge in [-0.1, -0.05) is 12.1 Å². The Bertz CT molecular complexity index is 649. The molecule has 2 aromatic rings. The molecule has 0 amide bonds. The van der Waals surface area contributed by atoms with Gasteiger partial charge in [0.25, 0.3) is 0 Å². The Morgan fingerprint density at radius 1 is 0.654 bits per heavy atom. The molecule has 0 aliphatic carbocycles. The second kappa shape index (κ2) is 8.29. The standard InChI is InChI=1S/C20H22O6/c1-3-15(9-17(5-1)23-11-19-13-25-19)21-7-8-22-16-4-2-6-18(10-16)24-12-20-14-26-20/h1-6,9-10,19-20H,7-8,11-14H2. The smallest absolute Gasteiger partial charge is 0.123 e. The molecule has 138 valence electrons. The van der Waals surface area contributed by atoms with Crippen LogP contribution in [0, 0.1) is 0 Å². The summed E-state index contributed by atoms with van der Waals surface area (Å²) in [5.74, 6) is 3.07. The predicted molar refractivity (Wildman–Crippen MR) is 94.3 cm³/mol. The van der Waals surface area contributed by atoms with Crippen LogP contribution in [0.3, 0.4) is 0 Å². The van der Waals surface area contributed by atoms with Crippen molar-refractivity contribution in [2.75, 3.05) is 39.6 Å². The minimum atomic E-state index is 0.240. The van der Waals surface area contributed by atoms with E-state index in [9.17, 15) is 0 Å². The number of hydrogen-bond donors (Lipinski definition) is 0. The molecule has 0 aromatic heterocycles. The van der Waals surface area contributed by atoms with Crippen LogP contribution >= 0.6 is 0 Å². The molecule has 2 saturated heterocycles. The zero-order valence-corrected chi connectivity index (χ0v) is 14.5. The van der Waals surface area contributed by atoms with Crippen molar-refractivity contribution in [3.05, 3.63) is 48.5 Å². The van der Waals surface area contributed by atoms with Crippen molar-refractivity contribution in [1.82, 2.24) is 0 Å². The van der Waals surface area contributed by atoms with Crippen molar-refractivity contribution < 1.29 is 28.4 Å². The van der Waals surface area contributed by atoms with Gasteiger partial charge in [0.1, 0.15) is 61.6 Å². The molecule has 2 heterocycles. The minimum absolute atomic E-state index is 0.240. The van der Waals surface area contributed by atoms with Gasteiger partial charge in [0, 0.05) is 12.1 Å². The van der Waals surface area contributed by atoms with Gasteiger partial charge in [-0.25, -0.2) is 0 Å². The van der Waals surface area contributed by atoms with Crippen LogP contribution in [0.1, 0.15) is 0 Å². The molecule has 0 radical (unpaired) electrons. The van der Waals surface area contributed by atoms with Crippen LogP contribution < -0.4 is 18.9 Å². The molecule has 4 rings (SSSR count).